The summed E-state index contributed by atoms with van der Waals surface area (Å²) in [5.74, 6) is 1.22. The van der Waals surface area contributed by atoms with E-state index in [0.717, 1.165) is 27.3 Å². The van der Waals surface area contributed by atoms with E-state index in [0.29, 0.717) is 11.7 Å². The lowest BCUT2D eigenvalue weighted by Gasteiger charge is -2.23. The molecule has 0 unspecified atom stereocenters. The van der Waals surface area contributed by atoms with Gasteiger partial charge in [0, 0.05) is 0 Å². The molecule has 0 atom stereocenters. The van der Waals surface area contributed by atoms with Gasteiger partial charge in [-0.3, -0.25) is 10.1 Å². The second-order valence-electron chi connectivity index (χ2n) is 7.64. The van der Waals surface area contributed by atoms with Crippen LogP contribution in [-0.4, -0.2) is 24.1 Å². The van der Waals surface area contributed by atoms with Crippen molar-refractivity contribution in [2.24, 2.45) is 0 Å². The minimum atomic E-state index is -0.238. The Labute approximate surface area is 169 Å². The lowest BCUT2D eigenvalue weighted by molar-refractivity contribution is -0.118. The number of rotatable bonds is 6. The van der Waals surface area contributed by atoms with Gasteiger partial charge < -0.3 is 9.47 Å². The van der Waals surface area contributed by atoms with E-state index in [-0.39, 0.29) is 17.9 Å². The summed E-state index contributed by atoms with van der Waals surface area (Å²) in [6.07, 6.45) is 0. The molecule has 3 rings (SSSR count). The molecule has 1 N–H and O–H groups in total. The number of nitrogens with one attached hydrogen (secondary N) is 1. The molecule has 6 heteroatoms. The van der Waals surface area contributed by atoms with Crippen LogP contribution in [0, 0.1) is 6.92 Å². The molecule has 0 saturated carbocycles. The zero-order chi connectivity index (χ0) is 20.3. The summed E-state index contributed by atoms with van der Waals surface area (Å²) in [7, 11) is 0. The SMILES string of the molecule is CCOc1cccc2sc(NC(=O)COc3ccc(C)cc3C(C)(C)C)nc12. The zero-order valence-electron chi connectivity index (χ0n) is 17.0. The van der Waals surface area contributed by atoms with Gasteiger partial charge >= 0.3 is 0 Å². The van der Waals surface area contributed by atoms with Crippen LogP contribution in [0.15, 0.2) is 36.4 Å². The number of thiazole rings is 1. The van der Waals surface area contributed by atoms with Gasteiger partial charge in [-0.25, -0.2) is 4.98 Å². The van der Waals surface area contributed by atoms with Crippen molar-refractivity contribution in [2.75, 3.05) is 18.5 Å². The summed E-state index contributed by atoms with van der Waals surface area (Å²) in [6.45, 7) is 10.9. The Kier molecular flexibility index (Phi) is 5.89. The van der Waals surface area contributed by atoms with E-state index in [1.165, 1.54) is 16.9 Å². The number of nitrogens with zero attached hydrogens (tertiary/aromatic N) is 1. The summed E-state index contributed by atoms with van der Waals surface area (Å²) in [5, 5.41) is 3.37. The number of carbonyl (C=O) groups is 1. The van der Waals surface area contributed by atoms with Crippen LogP contribution in [-0.2, 0) is 10.2 Å². The average molecular weight is 399 g/mol. The van der Waals surface area contributed by atoms with Crippen molar-refractivity contribution >= 4 is 32.6 Å². The van der Waals surface area contributed by atoms with E-state index < -0.39 is 0 Å². The highest BCUT2D eigenvalue weighted by Gasteiger charge is 2.20. The normalized spacial score (nSPS) is 11.5. The lowest BCUT2D eigenvalue weighted by Crippen LogP contribution is -2.22. The van der Waals surface area contributed by atoms with Gasteiger partial charge in [-0.05, 0) is 43.0 Å². The Morgan fingerprint density at radius 3 is 2.64 bits per heavy atom. The second kappa shape index (κ2) is 8.19. The first-order chi connectivity index (χ1) is 13.3. The van der Waals surface area contributed by atoms with Crippen molar-refractivity contribution in [3.8, 4) is 11.5 Å². The molecular weight excluding hydrogens is 372 g/mol. The molecule has 0 radical (unpaired) electrons. The Morgan fingerprint density at radius 1 is 1.14 bits per heavy atom. The van der Waals surface area contributed by atoms with Gasteiger partial charge in [0.15, 0.2) is 11.7 Å². The topological polar surface area (TPSA) is 60.5 Å². The van der Waals surface area contributed by atoms with Gasteiger partial charge in [-0.15, -0.1) is 0 Å². The first kappa shape index (κ1) is 20.1. The van der Waals surface area contributed by atoms with Crippen LogP contribution < -0.4 is 14.8 Å². The molecule has 148 valence electrons. The van der Waals surface area contributed by atoms with Crippen LogP contribution in [0.25, 0.3) is 10.2 Å². The van der Waals surface area contributed by atoms with Crippen LogP contribution in [0.2, 0.25) is 0 Å². The molecule has 0 bridgehead atoms. The summed E-state index contributed by atoms with van der Waals surface area (Å²) < 4.78 is 12.4. The monoisotopic (exact) mass is 398 g/mol. The van der Waals surface area contributed by atoms with Crippen LogP contribution in [0.1, 0.15) is 38.8 Å². The molecule has 28 heavy (non-hydrogen) atoms. The number of carbonyl (C=O) groups excluding carboxylic acids is 1. The van der Waals surface area contributed by atoms with E-state index >= 15 is 0 Å². The fraction of sp³-hybridized carbons (Fsp3) is 0.364. The van der Waals surface area contributed by atoms with Crippen molar-refractivity contribution in [1.29, 1.82) is 0 Å². The van der Waals surface area contributed by atoms with Crippen molar-refractivity contribution in [1.82, 2.24) is 4.98 Å². The lowest BCUT2D eigenvalue weighted by atomic mass is 9.85. The number of para-hydroxylation sites is 1. The number of anilines is 1. The Morgan fingerprint density at radius 2 is 1.93 bits per heavy atom. The number of hydrogen-bond acceptors (Lipinski definition) is 5. The van der Waals surface area contributed by atoms with E-state index in [2.05, 4.69) is 44.1 Å². The Balaban J connectivity index is 1.70. The summed E-state index contributed by atoms with van der Waals surface area (Å²) >= 11 is 1.42. The fourth-order valence-corrected chi connectivity index (χ4v) is 3.80. The largest absolute Gasteiger partial charge is 0.492 e. The molecule has 0 aliphatic carbocycles. The highest BCUT2D eigenvalue weighted by atomic mass is 32.1. The molecule has 3 aromatic rings. The molecule has 2 aromatic carbocycles. The predicted molar refractivity (Wildman–Crippen MR) is 115 cm³/mol. The summed E-state index contributed by atoms with van der Waals surface area (Å²) in [4.78, 5) is 16.9. The first-order valence-electron chi connectivity index (χ1n) is 9.34. The van der Waals surface area contributed by atoms with E-state index in [4.69, 9.17) is 9.47 Å². The van der Waals surface area contributed by atoms with Crippen LogP contribution in [0.5, 0.6) is 11.5 Å². The van der Waals surface area contributed by atoms with Crippen molar-refractivity contribution in [2.45, 2.75) is 40.0 Å². The first-order valence-corrected chi connectivity index (χ1v) is 10.2. The number of ether oxygens (including phenoxy) is 2. The quantitative estimate of drug-likeness (QED) is 0.611. The highest BCUT2D eigenvalue weighted by molar-refractivity contribution is 7.22. The molecule has 1 amide bonds. The van der Waals surface area contributed by atoms with Gasteiger partial charge in [0.1, 0.15) is 17.0 Å². The number of amides is 1. The predicted octanol–water partition coefficient (Wildman–Crippen LogP) is 5.32. The molecule has 0 spiro atoms. The standard InChI is InChI=1S/C22H26N2O3S/c1-6-26-17-8-7-9-18-20(17)24-21(28-18)23-19(25)13-27-16-11-10-14(2)12-15(16)22(3,4)5/h7-12H,6,13H2,1-5H3,(H,23,24,25). The van der Waals surface area contributed by atoms with Crippen molar-refractivity contribution < 1.29 is 14.3 Å². The minimum Gasteiger partial charge on any atom is -0.492 e. The molecule has 0 aliphatic rings. The van der Waals surface area contributed by atoms with Crippen LogP contribution in [0.4, 0.5) is 5.13 Å². The van der Waals surface area contributed by atoms with Crippen LogP contribution in [0.3, 0.4) is 0 Å². The Bertz CT molecular complexity index is 989. The van der Waals surface area contributed by atoms with Crippen molar-refractivity contribution in [3.63, 3.8) is 0 Å². The molecular formula is C22H26N2O3S. The molecule has 1 heterocycles. The maximum absolute atomic E-state index is 12.4. The van der Waals surface area contributed by atoms with Gasteiger partial charge in [-0.1, -0.05) is 55.9 Å². The molecule has 5 nitrogen and oxygen atoms in total. The summed E-state index contributed by atoms with van der Waals surface area (Å²) in [5.41, 5.74) is 2.95. The highest BCUT2D eigenvalue weighted by Crippen LogP contribution is 2.33. The van der Waals surface area contributed by atoms with Gasteiger partial charge in [-0.2, -0.15) is 0 Å². The maximum atomic E-state index is 12.4. The third kappa shape index (κ3) is 4.62. The Hall–Kier alpha value is -2.60. The van der Waals surface area contributed by atoms with E-state index in [1.54, 1.807) is 0 Å². The third-order valence-electron chi connectivity index (χ3n) is 4.23. The number of hydrogen-bond donors (Lipinski definition) is 1. The number of aromatic nitrogens is 1. The van der Waals surface area contributed by atoms with Crippen molar-refractivity contribution in [3.05, 3.63) is 47.5 Å². The third-order valence-corrected chi connectivity index (χ3v) is 5.17. The molecule has 1 aromatic heterocycles. The van der Waals surface area contributed by atoms with Gasteiger partial charge in [0.25, 0.3) is 5.91 Å². The molecule has 0 saturated heterocycles. The fourth-order valence-electron chi connectivity index (χ4n) is 2.90. The van der Waals surface area contributed by atoms with Crippen LogP contribution >= 0.6 is 11.3 Å². The number of benzene rings is 2. The maximum Gasteiger partial charge on any atom is 0.264 e. The smallest absolute Gasteiger partial charge is 0.264 e. The zero-order valence-corrected chi connectivity index (χ0v) is 17.8. The van der Waals surface area contributed by atoms with Gasteiger partial charge in [0.2, 0.25) is 0 Å². The van der Waals surface area contributed by atoms with Gasteiger partial charge in [0.05, 0.1) is 11.3 Å². The minimum absolute atomic E-state index is 0.0689. The molecule has 0 aliphatic heterocycles. The van der Waals surface area contributed by atoms with E-state index in [9.17, 15) is 4.79 Å². The number of fused-ring (bicyclic) bond motifs is 1. The molecule has 0 fully saturated rings. The number of aryl methyl sites for hydroxylation is 1. The average Bonchev–Trinajstić information content (AvgIpc) is 3.03. The summed E-state index contributed by atoms with van der Waals surface area (Å²) in [6, 6.07) is 11.8. The van der Waals surface area contributed by atoms with E-state index in [1.807, 2.05) is 37.3 Å². The second-order valence-corrected chi connectivity index (χ2v) is 8.67.